The van der Waals surface area contributed by atoms with E-state index >= 15 is 0 Å². The number of unbranched alkanes of at least 4 members (excludes halogenated alkanes) is 1. The normalized spacial score (nSPS) is 16.7. The molecule has 120 valence electrons. The number of carbonyl (C=O) groups excluding carboxylic acids is 1. The maximum absolute atomic E-state index is 12.4. The van der Waals surface area contributed by atoms with Crippen molar-refractivity contribution in [1.29, 1.82) is 0 Å². The highest BCUT2D eigenvalue weighted by atomic mass is 16.5. The molecule has 1 aliphatic rings. The number of nitrogens with one attached hydrogen (secondary N) is 1. The van der Waals surface area contributed by atoms with E-state index in [1.165, 1.54) is 0 Å². The van der Waals surface area contributed by atoms with E-state index in [9.17, 15) is 4.79 Å². The molecule has 4 heteroatoms. The number of amides is 1. The second-order valence-electron chi connectivity index (χ2n) is 5.74. The Morgan fingerprint density at radius 2 is 1.78 bits per heavy atom. The van der Waals surface area contributed by atoms with Crippen LogP contribution in [0.2, 0.25) is 0 Å². The molecule has 0 aliphatic carbocycles. The lowest BCUT2D eigenvalue weighted by Crippen LogP contribution is -2.46. The quantitative estimate of drug-likeness (QED) is 0.827. The summed E-state index contributed by atoms with van der Waals surface area (Å²) in [7, 11) is 0. The molecule has 1 heterocycles. The number of para-hydroxylation sites is 3. The van der Waals surface area contributed by atoms with E-state index in [1.54, 1.807) is 0 Å². The monoisotopic (exact) mass is 310 g/mol. The maximum Gasteiger partial charge on any atom is 0.249 e. The number of carbonyl (C=O) groups is 1. The van der Waals surface area contributed by atoms with Gasteiger partial charge in [0.25, 0.3) is 0 Å². The molecule has 3 rings (SSSR count). The van der Waals surface area contributed by atoms with Crippen LogP contribution in [0.5, 0.6) is 5.75 Å². The molecular weight excluding hydrogens is 288 g/mol. The average Bonchev–Trinajstić information content (AvgIpc) is 2.58. The number of ether oxygens (including phenoxy) is 1. The first-order chi connectivity index (χ1) is 11.3. The summed E-state index contributed by atoms with van der Waals surface area (Å²) >= 11 is 0. The summed E-state index contributed by atoms with van der Waals surface area (Å²) in [6.45, 7) is 3.30. The van der Waals surface area contributed by atoms with Crippen molar-refractivity contribution in [1.82, 2.24) is 0 Å². The first-order valence-corrected chi connectivity index (χ1v) is 8.10. The van der Waals surface area contributed by atoms with Crippen LogP contribution in [0.15, 0.2) is 54.6 Å². The lowest BCUT2D eigenvalue weighted by molar-refractivity contribution is -0.119. The zero-order chi connectivity index (χ0) is 16.1. The van der Waals surface area contributed by atoms with Crippen molar-refractivity contribution in [2.24, 2.45) is 0 Å². The highest BCUT2D eigenvalue weighted by Crippen LogP contribution is 2.31. The molecule has 1 atom stereocenters. The Hall–Kier alpha value is -2.49. The van der Waals surface area contributed by atoms with Gasteiger partial charge in [-0.05, 0) is 44.0 Å². The first-order valence-electron chi connectivity index (χ1n) is 8.10. The molecule has 2 aromatic carbocycles. The Morgan fingerprint density at radius 1 is 1.04 bits per heavy atom. The minimum Gasteiger partial charge on any atom is -0.494 e. The highest BCUT2D eigenvalue weighted by molar-refractivity contribution is 6.04. The van der Waals surface area contributed by atoms with Crippen molar-refractivity contribution in [3.8, 4) is 5.75 Å². The number of hydrogen-bond donors (Lipinski definition) is 1. The third-order valence-electron chi connectivity index (χ3n) is 3.99. The third kappa shape index (κ3) is 3.65. The van der Waals surface area contributed by atoms with Crippen LogP contribution in [0, 0.1) is 0 Å². The van der Waals surface area contributed by atoms with Crippen molar-refractivity contribution in [2.45, 2.75) is 25.8 Å². The molecule has 0 fully saturated rings. The van der Waals surface area contributed by atoms with Crippen LogP contribution in [0.25, 0.3) is 0 Å². The van der Waals surface area contributed by atoms with Gasteiger partial charge in [0.15, 0.2) is 0 Å². The smallest absolute Gasteiger partial charge is 0.249 e. The van der Waals surface area contributed by atoms with Gasteiger partial charge in [-0.1, -0.05) is 30.3 Å². The van der Waals surface area contributed by atoms with Crippen LogP contribution in [0.4, 0.5) is 11.4 Å². The fraction of sp³-hybridized carbons (Fsp3) is 0.316. The van der Waals surface area contributed by atoms with Crippen molar-refractivity contribution in [3.63, 3.8) is 0 Å². The van der Waals surface area contributed by atoms with Gasteiger partial charge in [0, 0.05) is 6.54 Å². The SMILES string of the molecule is CC1Nc2ccccc2N(CCCCOc2ccccc2)C1=O. The maximum atomic E-state index is 12.4. The van der Waals surface area contributed by atoms with E-state index in [0.717, 1.165) is 36.5 Å². The van der Waals surface area contributed by atoms with Crippen LogP contribution in [0.1, 0.15) is 19.8 Å². The van der Waals surface area contributed by atoms with E-state index in [2.05, 4.69) is 5.32 Å². The minimum atomic E-state index is -0.175. The molecule has 23 heavy (non-hydrogen) atoms. The molecule has 1 N–H and O–H groups in total. The van der Waals surface area contributed by atoms with Crippen LogP contribution < -0.4 is 15.0 Å². The molecule has 0 radical (unpaired) electrons. The zero-order valence-electron chi connectivity index (χ0n) is 13.4. The molecule has 0 saturated carbocycles. The van der Waals surface area contributed by atoms with Gasteiger partial charge in [0.2, 0.25) is 5.91 Å². The summed E-state index contributed by atoms with van der Waals surface area (Å²) < 4.78 is 5.70. The predicted octanol–water partition coefficient (Wildman–Crippen LogP) is 3.69. The molecule has 0 spiro atoms. The number of hydrogen-bond acceptors (Lipinski definition) is 3. The van der Waals surface area contributed by atoms with Gasteiger partial charge >= 0.3 is 0 Å². The molecule has 1 aliphatic heterocycles. The molecule has 0 bridgehead atoms. The van der Waals surface area contributed by atoms with Gasteiger partial charge in [-0.25, -0.2) is 0 Å². The van der Waals surface area contributed by atoms with Crippen LogP contribution in [-0.2, 0) is 4.79 Å². The van der Waals surface area contributed by atoms with E-state index in [4.69, 9.17) is 4.74 Å². The van der Waals surface area contributed by atoms with E-state index < -0.39 is 0 Å². The van der Waals surface area contributed by atoms with Gasteiger partial charge < -0.3 is 15.0 Å². The fourth-order valence-electron chi connectivity index (χ4n) is 2.79. The Labute approximate surface area is 137 Å². The predicted molar refractivity (Wildman–Crippen MR) is 93.1 cm³/mol. The van der Waals surface area contributed by atoms with Crippen molar-refractivity contribution in [2.75, 3.05) is 23.4 Å². The number of rotatable bonds is 6. The molecule has 1 amide bonds. The number of anilines is 2. The summed E-state index contributed by atoms with van der Waals surface area (Å²) in [4.78, 5) is 14.3. The van der Waals surface area contributed by atoms with E-state index in [0.29, 0.717) is 6.61 Å². The second-order valence-corrected chi connectivity index (χ2v) is 5.74. The summed E-state index contributed by atoms with van der Waals surface area (Å²) in [5, 5.41) is 3.25. The Kier molecular flexibility index (Phi) is 4.81. The Balaban J connectivity index is 1.52. The Bertz CT molecular complexity index is 657. The standard InChI is InChI=1S/C19H22N2O2/c1-15-19(22)21(18-12-6-5-11-17(18)20-15)13-7-8-14-23-16-9-3-2-4-10-16/h2-6,9-12,15,20H,7-8,13-14H2,1H3. The van der Waals surface area contributed by atoms with Crippen molar-refractivity contribution >= 4 is 17.3 Å². The summed E-state index contributed by atoms with van der Waals surface area (Å²) in [6.07, 6.45) is 1.84. The number of benzene rings is 2. The summed E-state index contributed by atoms with van der Waals surface area (Å²) in [5.74, 6) is 1.03. The van der Waals surface area contributed by atoms with Gasteiger partial charge in [-0.2, -0.15) is 0 Å². The fourth-order valence-corrected chi connectivity index (χ4v) is 2.79. The van der Waals surface area contributed by atoms with Gasteiger partial charge in [0.05, 0.1) is 18.0 Å². The topological polar surface area (TPSA) is 41.6 Å². The largest absolute Gasteiger partial charge is 0.494 e. The van der Waals surface area contributed by atoms with Crippen molar-refractivity contribution in [3.05, 3.63) is 54.6 Å². The zero-order valence-corrected chi connectivity index (χ0v) is 13.4. The molecule has 2 aromatic rings. The number of nitrogens with zero attached hydrogens (tertiary/aromatic N) is 1. The lowest BCUT2D eigenvalue weighted by Gasteiger charge is -2.34. The molecule has 0 saturated heterocycles. The van der Waals surface area contributed by atoms with Crippen LogP contribution >= 0.6 is 0 Å². The average molecular weight is 310 g/mol. The highest BCUT2D eigenvalue weighted by Gasteiger charge is 2.28. The van der Waals surface area contributed by atoms with Crippen LogP contribution in [-0.4, -0.2) is 25.1 Å². The molecule has 0 aromatic heterocycles. The minimum absolute atomic E-state index is 0.132. The van der Waals surface area contributed by atoms with Crippen LogP contribution in [0.3, 0.4) is 0 Å². The molecular formula is C19H22N2O2. The first kappa shape index (κ1) is 15.4. The lowest BCUT2D eigenvalue weighted by atomic mass is 10.1. The van der Waals surface area contributed by atoms with E-state index in [1.807, 2.05) is 66.4 Å². The van der Waals surface area contributed by atoms with Gasteiger partial charge in [-0.3, -0.25) is 4.79 Å². The molecule has 1 unspecified atom stereocenters. The third-order valence-corrected chi connectivity index (χ3v) is 3.99. The van der Waals surface area contributed by atoms with Gasteiger partial charge in [0.1, 0.15) is 11.8 Å². The second kappa shape index (κ2) is 7.18. The number of fused-ring (bicyclic) bond motifs is 1. The van der Waals surface area contributed by atoms with Crippen molar-refractivity contribution < 1.29 is 9.53 Å². The van der Waals surface area contributed by atoms with E-state index in [-0.39, 0.29) is 11.9 Å². The summed E-state index contributed by atoms with van der Waals surface area (Å²) in [5.41, 5.74) is 2.00. The molecule has 4 nitrogen and oxygen atoms in total. The summed E-state index contributed by atoms with van der Waals surface area (Å²) in [6, 6.07) is 17.6. The Morgan fingerprint density at radius 3 is 2.61 bits per heavy atom. The van der Waals surface area contributed by atoms with Gasteiger partial charge in [-0.15, -0.1) is 0 Å².